The number of nitrogens with zero attached hydrogens (tertiary/aromatic N) is 3. The zero-order valence-corrected chi connectivity index (χ0v) is 15.1. The molecule has 0 aliphatic heterocycles. The zero-order valence-electron chi connectivity index (χ0n) is 14.3. The monoisotopic (exact) mass is 376 g/mol. The molecule has 4 rings (SSSR count). The third-order valence-electron chi connectivity index (χ3n) is 4.14. The van der Waals surface area contributed by atoms with Gasteiger partial charge in [-0.1, -0.05) is 18.2 Å². The smallest absolute Gasteiger partial charge is 0.258 e. The highest BCUT2D eigenvalue weighted by molar-refractivity contribution is 7.09. The molecule has 1 amide bonds. The molecule has 0 fully saturated rings. The van der Waals surface area contributed by atoms with Crippen LogP contribution in [0.15, 0.2) is 71.1 Å². The van der Waals surface area contributed by atoms with Crippen LogP contribution in [0.5, 0.6) is 0 Å². The van der Waals surface area contributed by atoms with E-state index in [0.717, 1.165) is 4.88 Å². The highest BCUT2D eigenvalue weighted by Crippen LogP contribution is 2.16. The van der Waals surface area contributed by atoms with Gasteiger partial charge in [-0.15, -0.1) is 11.3 Å². The van der Waals surface area contributed by atoms with Crippen LogP contribution in [0, 0.1) is 0 Å². The molecule has 0 saturated heterocycles. The maximum absolute atomic E-state index is 13.0. The molecule has 0 unspecified atom stereocenters. The molecule has 3 heterocycles. The standard InChI is InChI=1S/C20H16N4O2S/c25-19-16-5-1-2-6-17(16)22-18(23-19)13-24(12-15-4-3-11-27-15)20(26)14-7-9-21-10-8-14/h1-11H,12-13H2,(H,22,23,25). The van der Waals surface area contributed by atoms with Gasteiger partial charge in [0.2, 0.25) is 0 Å². The molecule has 134 valence electrons. The summed E-state index contributed by atoms with van der Waals surface area (Å²) >= 11 is 1.58. The third kappa shape index (κ3) is 3.78. The van der Waals surface area contributed by atoms with Gasteiger partial charge in [-0.2, -0.15) is 0 Å². The number of pyridine rings is 1. The molecule has 6 nitrogen and oxygen atoms in total. The van der Waals surface area contributed by atoms with E-state index in [0.29, 0.717) is 28.8 Å². The van der Waals surface area contributed by atoms with Crippen molar-refractivity contribution in [2.45, 2.75) is 13.1 Å². The fourth-order valence-electron chi connectivity index (χ4n) is 2.86. The zero-order chi connectivity index (χ0) is 18.6. The van der Waals surface area contributed by atoms with Crippen molar-refractivity contribution >= 4 is 28.1 Å². The van der Waals surface area contributed by atoms with E-state index in [1.807, 2.05) is 23.6 Å². The Kier molecular flexibility index (Phi) is 4.76. The van der Waals surface area contributed by atoms with Gasteiger partial charge in [0.25, 0.3) is 11.5 Å². The number of rotatable bonds is 5. The fraction of sp³-hybridized carbons (Fsp3) is 0.100. The van der Waals surface area contributed by atoms with E-state index in [4.69, 9.17) is 0 Å². The summed E-state index contributed by atoms with van der Waals surface area (Å²) in [5.41, 5.74) is 0.955. The number of fused-ring (bicyclic) bond motifs is 1. The average molecular weight is 376 g/mol. The first-order valence-corrected chi connectivity index (χ1v) is 9.28. The number of aromatic amines is 1. The average Bonchev–Trinajstić information content (AvgIpc) is 3.21. The van der Waals surface area contributed by atoms with Gasteiger partial charge in [-0.3, -0.25) is 14.6 Å². The molecule has 0 atom stereocenters. The summed E-state index contributed by atoms with van der Waals surface area (Å²) in [6.07, 6.45) is 3.18. The topological polar surface area (TPSA) is 79.0 Å². The maximum Gasteiger partial charge on any atom is 0.258 e. The van der Waals surface area contributed by atoms with Crippen molar-refractivity contribution in [3.05, 3.63) is 92.9 Å². The first-order valence-electron chi connectivity index (χ1n) is 8.40. The maximum atomic E-state index is 13.0. The van der Waals surface area contributed by atoms with E-state index in [1.165, 1.54) is 0 Å². The lowest BCUT2D eigenvalue weighted by Gasteiger charge is -2.22. The molecule has 0 aliphatic rings. The van der Waals surface area contributed by atoms with E-state index in [-0.39, 0.29) is 18.0 Å². The van der Waals surface area contributed by atoms with E-state index in [1.54, 1.807) is 59.0 Å². The molecule has 1 N–H and O–H groups in total. The van der Waals surface area contributed by atoms with Crippen LogP contribution < -0.4 is 5.56 Å². The summed E-state index contributed by atoms with van der Waals surface area (Å²) in [5.74, 6) is 0.319. The fourth-order valence-corrected chi connectivity index (χ4v) is 3.58. The van der Waals surface area contributed by atoms with Crippen molar-refractivity contribution in [2.24, 2.45) is 0 Å². The van der Waals surface area contributed by atoms with Crippen LogP contribution in [0.4, 0.5) is 0 Å². The predicted octanol–water partition coefficient (Wildman–Crippen LogP) is 3.22. The van der Waals surface area contributed by atoms with Crippen LogP contribution in [0.3, 0.4) is 0 Å². The second-order valence-corrected chi connectivity index (χ2v) is 7.04. The SMILES string of the molecule is O=C(c1ccncc1)N(Cc1nc2ccccc2c(=O)[nH]1)Cc1cccs1. The van der Waals surface area contributed by atoms with E-state index in [9.17, 15) is 9.59 Å². The number of thiophene rings is 1. The Morgan fingerprint density at radius 2 is 1.85 bits per heavy atom. The van der Waals surface area contributed by atoms with Crippen LogP contribution in [-0.2, 0) is 13.1 Å². The Hall–Kier alpha value is -3.32. The molecule has 4 aromatic rings. The lowest BCUT2D eigenvalue weighted by molar-refractivity contribution is 0.0727. The summed E-state index contributed by atoms with van der Waals surface area (Å²) in [5, 5.41) is 2.51. The lowest BCUT2D eigenvalue weighted by Crippen LogP contribution is -2.31. The predicted molar refractivity (Wildman–Crippen MR) is 104 cm³/mol. The largest absolute Gasteiger partial charge is 0.326 e. The Bertz CT molecular complexity index is 1120. The number of nitrogens with one attached hydrogen (secondary N) is 1. The van der Waals surface area contributed by atoms with Gasteiger partial charge in [0, 0.05) is 22.8 Å². The number of H-pyrrole nitrogens is 1. The number of carbonyl (C=O) groups is 1. The van der Waals surface area contributed by atoms with Gasteiger partial charge >= 0.3 is 0 Å². The third-order valence-corrected chi connectivity index (χ3v) is 5.00. The van der Waals surface area contributed by atoms with Crippen LogP contribution in [0.1, 0.15) is 21.1 Å². The molecule has 0 bridgehead atoms. The number of amides is 1. The van der Waals surface area contributed by atoms with Crippen molar-refractivity contribution < 1.29 is 4.79 Å². The molecule has 0 aliphatic carbocycles. The highest BCUT2D eigenvalue weighted by Gasteiger charge is 2.18. The van der Waals surface area contributed by atoms with Crippen molar-refractivity contribution in [2.75, 3.05) is 0 Å². The minimum atomic E-state index is -0.206. The quantitative estimate of drug-likeness (QED) is 0.580. The molecular formula is C20H16N4O2S. The molecule has 27 heavy (non-hydrogen) atoms. The normalized spacial score (nSPS) is 10.8. The Labute approximate surface area is 159 Å². The number of para-hydroxylation sites is 1. The first kappa shape index (κ1) is 17.1. The second-order valence-electron chi connectivity index (χ2n) is 6.01. The molecular weight excluding hydrogens is 360 g/mol. The van der Waals surface area contributed by atoms with E-state index in [2.05, 4.69) is 15.0 Å². The van der Waals surface area contributed by atoms with Crippen LogP contribution in [-0.4, -0.2) is 25.8 Å². The highest BCUT2D eigenvalue weighted by atomic mass is 32.1. The van der Waals surface area contributed by atoms with E-state index >= 15 is 0 Å². The molecule has 7 heteroatoms. The summed E-state index contributed by atoms with van der Waals surface area (Å²) < 4.78 is 0. The Morgan fingerprint density at radius 1 is 1.04 bits per heavy atom. The summed E-state index contributed by atoms with van der Waals surface area (Å²) in [6.45, 7) is 0.647. The Morgan fingerprint density at radius 3 is 2.63 bits per heavy atom. The molecule has 0 saturated carbocycles. The Balaban J connectivity index is 1.68. The summed E-state index contributed by atoms with van der Waals surface area (Å²) in [7, 11) is 0. The minimum Gasteiger partial charge on any atom is -0.326 e. The van der Waals surface area contributed by atoms with Crippen molar-refractivity contribution in [3.63, 3.8) is 0 Å². The van der Waals surface area contributed by atoms with Gasteiger partial charge < -0.3 is 9.88 Å². The minimum absolute atomic E-state index is 0.137. The lowest BCUT2D eigenvalue weighted by atomic mass is 10.2. The van der Waals surface area contributed by atoms with E-state index < -0.39 is 0 Å². The van der Waals surface area contributed by atoms with Gasteiger partial charge in [-0.25, -0.2) is 4.98 Å². The van der Waals surface area contributed by atoms with Crippen molar-refractivity contribution in [1.82, 2.24) is 19.9 Å². The van der Waals surface area contributed by atoms with Crippen LogP contribution >= 0.6 is 11.3 Å². The molecule has 0 radical (unpaired) electrons. The second kappa shape index (κ2) is 7.51. The summed E-state index contributed by atoms with van der Waals surface area (Å²) in [6, 6.07) is 14.5. The van der Waals surface area contributed by atoms with Crippen LogP contribution in [0.25, 0.3) is 10.9 Å². The first-order chi connectivity index (χ1) is 13.2. The van der Waals surface area contributed by atoms with Gasteiger partial charge in [0.15, 0.2) is 0 Å². The van der Waals surface area contributed by atoms with Crippen molar-refractivity contribution in [1.29, 1.82) is 0 Å². The molecule has 0 spiro atoms. The molecule has 3 aromatic heterocycles. The van der Waals surface area contributed by atoms with Gasteiger partial charge in [0.05, 0.1) is 24.0 Å². The van der Waals surface area contributed by atoms with Gasteiger partial charge in [-0.05, 0) is 35.7 Å². The number of hydrogen-bond donors (Lipinski definition) is 1. The molecule has 1 aromatic carbocycles. The number of hydrogen-bond acceptors (Lipinski definition) is 5. The summed E-state index contributed by atoms with van der Waals surface area (Å²) in [4.78, 5) is 39.4. The number of benzene rings is 1. The van der Waals surface area contributed by atoms with Crippen molar-refractivity contribution in [3.8, 4) is 0 Å². The number of carbonyl (C=O) groups excluding carboxylic acids is 1. The van der Waals surface area contributed by atoms with Gasteiger partial charge in [0.1, 0.15) is 5.82 Å². The number of aromatic nitrogens is 3. The van der Waals surface area contributed by atoms with Crippen LogP contribution in [0.2, 0.25) is 0 Å².